The lowest BCUT2D eigenvalue weighted by molar-refractivity contribution is -0.140. The zero-order chi connectivity index (χ0) is 11.3. The summed E-state index contributed by atoms with van der Waals surface area (Å²) >= 11 is 3.29. The lowest BCUT2D eigenvalue weighted by Gasteiger charge is -2.01. The number of hydrogen-bond donors (Lipinski definition) is 1. The van der Waals surface area contributed by atoms with Crippen LogP contribution >= 0.6 is 34.4 Å². The molecule has 0 saturated heterocycles. The maximum Gasteiger partial charge on any atom is 0.306 e. The van der Waals surface area contributed by atoms with Crippen molar-refractivity contribution in [3.63, 3.8) is 0 Å². The largest absolute Gasteiger partial charge is 0.469 e. The first-order chi connectivity index (χ1) is 7.15. The van der Waals surface area contributed by atoms with Gasteiger partial charge in [-0.2, -0.15) is 0 Å². The maximum absolute atomic E-state index is 11.2. The van der Waals surface area contributed by atoms with Gasteiger partial charge < -0.3 is 9.72 Å². The summed E-state index contributed by atoms with van der Waals surface area (Å²) in [7, 11) is 1.35. The number of carbonyl (C=O) groups excluding carboxylic acids is 1. The minimum Gasteiger partial charge on any atom is -0.469 e. The lowest BCUT2D eigenvalue weighted by atomic mass is 10.5. The summed E-state index contributed by atoms with van der Waals surface area (Å²) < 4.78 is 5.05. The molecule has 0 amide bonds. The van der Waals surface area contributed by atoms with Crippen LogP contribution in [0.2, 0.25) is 0 Å². The fourth-order valence-corrected chi connectivity index (χ4v) is 2.37. The SMILES string of the molecule is COC(=O)CCSc1nc[nH]c(=O)c1I. The van der Waals surface area contributed by atoms with E-state index in [9.17, 15) is 9.59 Å². The number of carbonyl (C=O) groups is 1. The van der Waals surface area contributed by atoms with Gasteiger partial charge in [-0.25, -0.2) is 4.98 Å². The quantitative estimate of drug-likeness (QED) is 0.384. The Labute approximate surface area is 104 Å². The second-order valence-corrected chi connectivity index (χ2v) is 4.69. The van der Waals surface area contributed by atoms with Gasteiger partial charge in [0.25, 0.3) is 5.56 Å². The number of nitrogens with one attached hydrogen (secondary N) is 1. The van der Waals surface area contributed by atoms with Crippen molar-refractivity contribution in [1.29, 1.82) is 0 Å². The molecule has 5 nitrogen and oxygen atoms in total. The Kier molecular flexibility index (Phi) is 5.09. The van der Waals surface area contributed by atoms with Crippen molar-refractivity contribution in [2.45, 2.75) is 11.4 Å². The summed E-state index contributed by atoms with van der Waals surface area (Å²) in [5.41, 5.74) is -0.161. The van der Waals surface area contributed by atoms with Crippen LogP contribution in [0.5, 0.6) is 0 Å². The zero-order valence-corrected chi connectivity index (χ0v) is 10.9. The molecule has 0 spiro atoms. The maximum atomic E-state index is 11.2. The van der Waals surface area contributed by atoms with Crippen molar-refractivity contribution in [3.8, 4) is 0 Å². The Bertz CT molecular complexity index is 407. The van der Waals surface area contributed by atoms with Crippen molar-refractivity contribution in [1.82, 2.24) is 9.97 Å². The molecule has 0 aliphatic carbocycles. The number of aromatic amines is 1. The molecule has 0 aliphatic rings. The summed E-state index contributed by atoms with van der Waals surface area (Å²) in [5.74, 6) is 0.293. The second kappa shape index (κ2) is 6.11. The summed E-state index contributed by atoms with van der Waals surface area (Å²) in [6.45, 7) is 0. The first-order valence-corrected chi connectivity index (χ1v) is 6.14. The molecule has 0 bridgehead atoms. The van der Waals surface area contributed by atoms with E-state index in [-0.39, 0.29) is 11.5 Å². The minimum absolute atomic E-state index is 0.161. The number of esters is 1. The molecule has 7 heteroatoms. The average Bonchev–Trinajstić information content (AvgIpc) is 2.24. The van der Waals surface area contributed by atoms with E-state index in [2.05, 4.69) is 14.7 Å². The van der Waals surface area contributed by atoms with Crippen LogP contribution in [0.4, 0.5) is 0 Å². The zero-order valence-electron chi connectivity index (χ0n) is 7.95. The van der Waals surface area contributed by atoms with Crippen LogP contribution < -0.4 is 5.56 Å². The molecule has 15 heavy (non-hydrogen) atoms. The Morgan fingerprint density at radius 2 is 2.47 bits per heavy atom. The van der Waals surface area contributed by atoms with Crippen LogP contribution in [0.15, 0.2) is 16.1 Å². The summed E-state index contributed by atoms with van der Waals surface area (Å²) in [6, 6.07) is 0. The van der Waals surface area contributed by atoms with E-state index in [1.807, 2.05) is 22.6 Å². The Morgan fingerprint density at radius 3 is 3.13 bits per heavy atom. The van der Waals surface area contributed by atoms with Gasteiger partial charge in [-0.1, -0.05) is 0 Å². The molecule has 0 radical (unpaired) electrons. The van der Waals surface area contributed by atoms with Crippen LogP contribution in [0, 0.1) is 3.57 Å². The highest BCUT2D eigenvalue weighted by Crippen LogP contribution is 2.19. The minimum atomic E-state index is -0.262. The van der Waals surface area contributed by atoms with Crippen LogP contribution in [-0.4, -0.2) is 28.8 Å². The van der Waals surface area contributed by atoms with Gasteiger partial charge in [0.1, 0.15) is 8.60 Å². The van der Waals surface area contributed by atoms with Gasteiger partial charge in [-0.3, -0.25) is 9.59 Å². The van der Waals surface area contributed by atoms with E-state index in [0.29, 0.717) is 20.8 Å². The smallest absolute Gasteiger partial charge is 0.306 e. The van der Waals surface area contributed by atoms with Gasteiger partial charge in [0.2, 0.25) is 0 Å². The van der Waals surface area contributed by atoms with Crippen LogP contribution in [0.1, 0.15) is 6.42 Å². The fourth-order valence-electron chi connectivity index (χ4n) is 0.800. The van der Waals surface area contributed by atoms with Crippen molar-refractivity contribution in [3.05, 3.63) is 20.3 Å². The number of halogens is 1. The molecular formula is C8H9IN2O3S. The van der Waals surface area contributed by atoms with Crippen molar-refractivity contribution < 1.29 is 9.53 Å². The third kappa shape index (κ3) is 3.82. The van der Waals surface area contributed by atoms with Crippen molar-refractivity contribution >= 4 is 40.3 Å². The van der Waals surface area contributed by atoms with Gasteiger partial charge in [0.05, 0.1) is 19.9 Å². The summed E-state index contributed by atoms with van der Waals surface area (Å²) in [4.78, 5) is 28.5. The number of nitrogens with zero attached hydrogens (tertiary/aromatic N) is 1. The first-order valence-electron chi connectivity index (χ1n) is 4.08. The van der Waals surface area contributed by atoms with Crippen LogP contribution in [-0.2, 0) is 9.53 Å². The molecule has 1 N–H and O–H groups in total. The topological polar surface area (TPSA) is 72.0 Å². The highest BCUT2D eigenvalue weighted by atomic mass is 127. The molecule has 1 aromatic rings. The molecule has 0 aliphatic heterocycles. The molecule has 0 fully saturated rings. The number of H-pyrrole nitrogens is 1. The number of aromatic nitrogens is 2. The number of methoxy groups -OCH3 is 1. The first kappa shape index (κ1) is 12.5. The predicted molar refractivity (Wildman–Crippen MR) is 64.9 cm³/mol. The van der Waals surface area contributed by atoms with Gasteiger partial charge in [0.15, 0.2) is 0 Å². The van der Waals surface area contributed by atoms with E-state index in [1.165, 1.54) is 25.2 Å². The Balaban J connectivity index is 2.55. The van der Waals surface area contributed by atoms with E-state index in [0.717, 1.165) is 0 Å². The Morgan fingerprint density at radius 1 is 1.73 bits per heavy atom. The molecular weight excluding hydrogens is 331 g/mol. The van der Waals surface area contributed by atoms with E-state index in [4.69, 9.17) is 0 Å². The second-order valence-electron chi connectivity index (χ2n) is 2.53. The van der Waals surface area contributed by atoms with Gasteiger partial charge >= 0.3 is 5.97 Å². The molecule has 0 atom stereocenters. The molecule has 1 heterocycles. The fraction of sp³-hybridized carbons (Fsp3) is 0.375. The summed E-state index contributed by atoms with van der Waals surface area (Å²) in [5, 5.41) is 0.642. The number of rotatable bonds is 4. The number of ether oxygens (including phenoxy) is 1. The van der Waals surface area contributed by atoms with Gasteiger partial charge in [-0.15, -0.1) is 11.8 Å². The van der Waals surface area contributed by atoms with Gasteiger partial charge in [-0.05, 0) is 22.6 Å². The van der Waals surface area contributed by atoms with Crippen LogP contribution in [0.25, 0.3) is 0 Å². The number of thioether (sulfide) groups is 1. The third-order valence-electron chi connectivity index (χ3n) is 1.54. The molecule has 0 aromatic carbocycles. The van der Waals surface area contributed by atoms with E-state index >= 15 is 0 Å². The van der Waals surface area contributed by atoms with E-state index in [1.54, 1.807) is 0 Å². The van der Waals surface area contributed by atoms with Crippen molar-refractivity contribution in [2.24, 2.45) is 0 Å². The lowest BCUT2D eigenvalue weighted by Crippen LogP contribution is -2.11. The van der Waals surface area contributed by atoms with E-state index < -0.39 is 0 Å². The monoisotopic (exact) mass is 340 g/mol. The molecule has 0 saturated carbocycles. The molecule has 0 unspecified atom stereocenters. The molecule has 1 aromatic heterocycles. The third-order valence-corrected chi connectivity index (χ3v) is 3.90. The normalized spacial score (nSPS) is 10.0. The predicted octanol–water partition coefficient (Wildman–Crippen LogP) is 1.03. The Hall–Kier alpha value is -0.570. The molecule has 1 rings (SSSR count). The summed E-state index contributed by atoms with van der Waals surface area (Å²) in [6.07, 6.45) is 1.66. The van der Waals surface area contributed by atoms with Crippen molar-refractivity contribution in [2.75, 3.05) is 12.9 Å². The standard InChI is InChI=1S/C8H9IN2O3S/c1-14-5(12)2-3-15-8-6(9)7(13)10-4-11-8/h4H,2-3H2,1H3,(H,10,11,13). The van der Waals surface area contributed by atoms with Crippen LogP contribution in [0.3, 0.4) is 0 Å². The molecule has 82 valence electrons. The average molecular weight is 340 g/mol. The number of hydrogen-bond acceptors (Lipinski definition) is 5. The highest BCUT2D eigenvalue weighted by molar-refractivity contribution is 14.1. The van der Waals surface area contributed by atoms with Gasteiger partial charge in [0, 0.05) is 5.75 Å². The highest BCUT2D eigenvalue weighted by Gasteiger charge is 2.07.